The topological polar surface area (TPSA) is 49.9 Å². The van der Waals surface area contributed by atoms with Crippen molar-refractivity contribution in [1.82, 2.24) is 4.90 Å². The first-order valence-electron chi connectivity index (χ1n) is 10.4. The van der Waals surface area contributed by atoms with Crippen molar-refractivity contribution in [3.05, 3.63) is 102 Å². The number of likely N-dealkylation sites (N-methyl/N-ethyl adjacent to an activating group) is 1. The van der Waals surface area contributed by atoms with Gasteiger partial charge in [-0.05, 0) is 48.4 Å². The van der Waals surface area contributed by atoms with Gasteiger partial charge in [0.2, 0.25) is 0 Å². The highest BCUT2D eigenvalue weighted by molar-refractivity contribution is 6.45. The first-order valence-corrected chi connectivity index (χ1v) is 10.4. The van der Waals surface area contributed by atoms with Crippen LogP contribution in [0.3, 0.4) is 0 Å². The Balaban J connectivity index is 1.83. The zero-order valence-electron chi connectivity index (χ0n) is 17.9. The Hall–Kier alpha value is -3.93. The van der Waals surface area contributed by atoms with Crippen molar-refractivity contribution in [3.8, 4) is 5.75 Å². The number of carbonyl (C=O) groups excluding carboxylic acids is 2. The van der Waals surface area contributed by atoms with Crippen molar-refractivity contribution in [1.29, 1.82) is 0 Å². The highest BCUT2D eigenvalue weighted by Gasteiger charge is 2.42. The molecule has 0 aliphatic carbocycles. The predicted octanol–water partition coefficient (Wildman–Crippen LogP) is 4.64. The van der Waals surface area contributed by atoms with E-state index in [1.165, 1.54) is 18.2 Å². The van der Waals surface area contributed by atoms with E-state index in [0.717, 1.165) is 10.5 Å². The molecule has 2 amide bonds. The smallest absolute Gasteiger partial charge is 0.282 e. The molecule has 1 aliphatic heterocycles. The van der Waals surface area contributed by atoms with Crippen LogP contribution >= 0.6 is 0 Å². The number of imide groups is 1. The van der Waals surface area contributed by atoms with Crippen molar-refractivity contribution in [2.45, 2.75) is 13.5 Å². The molecule has 0 fully saturated rings. The van der Waals surface area contributed by atoms with Gasteiger partial charge in [0.25, 0.3) is 11.8 Å². The summed E-state index contributed by atoms with van der Waals surface area (Å²) in [4.78, 5) is 30.0. The van der Waals surface area contributed by atoms with Gasteiger partial charge < -0.3 is 9.64 Å². The van der Waals surface area contributed by atoms with E-state index in [2.05, 4.69) is 0 Å². The van der Waals surface area contributed by atoms with E-state index in [1.807, 2.05) is 42.2 Å². The number of carbonyl (C=O) groups is 2. The molecule has 0 unspecified atom stereocenters. The molecule has 1 heterocycles. The largest absolute Gasteiger partial charge is 0.497 e. The Morgan fingerprint density at radius 2 is 1.62 bits per heavy atom. The Kier molecular flexibility index (Phi) is 6.03. The maximum atomic E-state index is 13.9. The molecule has 162 valence electrons. The molecule has 0 spiro atoms. The molecule has 0 atom stereocenters. The molecule has 5 nitrogen and oxygen atoms in total. The van der Waals surface area contributed by atoms with Crippen LogP contribution in [-0.4, -0.2) is 30.4 Å². The van der Waals surface area contributed by atoms with Gasteiger partial charge in [0, 0.05) is 13.1 Å². The fourth-order valence-electron chi connectivity index (χ4n) is 3.83. The van der Waals surface area contributed by atoms with Gasteiger partial charge in [-0.25, -0.2) is 9.29 Å². The summed E-state index contributed by atoms with van der Waals surface area (Å²) in [6, 6.07) is 22.3. The molecule has 4 rings (SSSR count). The summed E-state index contributed by atoms with van der Waals surface area (Å²) in [6.45, 7) is 2.91. The van der Waals surface area contributed by atoms with Crippen LogP contribution in [0.5, 0.6) is 5.75 Å². The first kappa shape index (κ1) is 21.3. The van der Waals surface area contributed by atoms with Gasteiger partial charge in [-0.1, -0.05) is 48.5 Å². The molecule has 0 aromatic heterocycles. The fraction of sp³-hybridized carbons (Fsp3) is 0.154. The lowest BCUT2D eigenvalue weighted by Crippen LogP contribution is -2.35. The van der Waals surface area contributed by atoms with Crippen LogP contribution in [0.1, 0.15) is 18.1 Å². The molecule has 3 aromatic rings. The van der Waals surface area contributed by atoms with Crippen molar-refractivity contribution in [3.63, 3.8) is 0 Å². The van der Waals surface area contributed by atoms with Crippen molar-refractivity contribution >= 4 is 23.1 Å². The number of nitrogens with zero attached hydrogens (tertiary/aromatic N) is 2. The minimum Gasteiger partial charge on any atom is -0.497 e. The normalized spacial score (nSPS) is 13.7. The number of benzene rings is 3. The van der Waals surface area contributed by atoms with Crippen LogP contribution in [0.2, 0.25) is 0 Å². The number of halogens is 1. The number of rotatable bonds is 7. The number of ether oxygens (including phenoxy) is 1. The van der Waals surface area contributed by atoms with Gasteiger partial charge in [-0.3, -0.25) is 9.59 Å². The van der Waals surface area contributed by atoms with E-state index in [-0.39, 0.29) is 5.69 Å². The van der Waals surface area contributed by atoms with Gasteiger partial charge in [0.05, 0.1) is 18.4 Å². The summed E-state index contributed by atoms with van der Waals surface area (Å²) in [7, 11) is 1.56. The number of hydrogen-bond acceptors (Lipinski definition) is 4. The van der Waals surface area contributed by atoms with E-state index >= 15 is 0 Å². The zero-order valence-corrected chi connectivity index (χ0v) is 17.9. The molecule has 1 aliphatic rings. The third kappa shape index (κ3) is 3.99. The van der Waals surface area contributed by atoms with E-state index in [0.29, 0.717) is 35.7 Å². The van der Waals surface area contributed by atoms with Crippen LogP contribution in [0.4, 0.5) is 10.1 Å². The van der Waals surface area contributed by atoms with Crippen LogP contribution in [0.15, 0.2) is 84.6 Å². The van der Waals surface area contributed by atoms with E-state index < -0.39 is 17.6 Å². The quantitative estimate of drug-likeness (QED) is 0.513. The second-order valence-corrected chi connectivity index (χ2v) is 7.38. The monoisotopic (exact) mass is 430 g/mol. The van der Waals surface area contributed by atoms with E-state index in [4.69, 9.17) is 4.74 Å². The van der Waals surface area contributed by atoms with Gasteiger partial charge in [0.15, 0.2) is 0 Å². The third-order valence-corrected chi connectivity index (χ3v) is 5.42. The lowest BCUT2D eigenvalue weighted by Gasteiger charge is -2.25. The molecule has 0 saturated heterocycles. The highest BCUT2D eigenvalue weighted by atomic mass is 19.1. The van der Waals surface area contributed by atoms with Crippen LogP contribution in [-0.2, 0) is 16.1 Å². The highest BCUT2D eigenvalue weighted by Crippen LogP contribution is 2.36. The maximum Gasteiger partial charge on any atom is 0.282 e. The molecule has 3 aromatic carbocycles. The summed E-state index contributed by atoms with van der Waals surface area (Å²) in [5, 5.41) is 0. The number of anilines is 1. The standard InChI is InChI=1S/C26H23FN2O3/c1-3-28(17-18-8-5-4-6-9-18)24-23(19-12-14-22(32-2)15-13-19)25(30)29(26(24)31)21-11-7-10-20(27)16-21/h4-16H,3,17H2,1-2H3. The summed E-state index contributed by atoms with van der Waals surface area (Å²) in [5.74, 6) is -0.818. The molecule has 0 radical (unpaired) electrons. The fourth-order valence-corrected chi connectivity index (χ4v) is 3.83. The van der Waals surface area contributed by atoms with Gasteiger partial charge in [-0.15, -0.1) is 0 Å². The van der Waals surface area contributed by atoms with E-state index in [9.17, 15) is 14.0 Å². The molecular formula is C26H23FN2O3. The maximum absolute atomic E-state index is 13.9. The van der Waals surface area contributed by atoms with Gasteiger partial charge in [0.1, 0.15) is 17.3 Å². The van der Waals surface area contributed by atoms with Gasteiger partial charge >= 0.3 is 0 Å². The molecule has 0 saturated carbocycles. The molecule has 0 bridgehead atoms. The third-order valence-electron chi connectivity index (χ3n) is 5.42. The molecule has 32 heavy (non-hydrogen) atoms. The average molecular weight is 430 g/mol. The Bertz CT molecular complexity index is 1170. The predicted molar refractivity (Wildman–Crippen MR) is 121 cm³/mol. The second kappa shape index (κ2) is 9.06. The number of methoxy groups -OCH3 is 1. The van der Waals surface area contributed by atoms with Crippen molar-refractivity contribution in [2.75, 3.05) is 18.6 Å². The molecule has 6 heteroatoms. The van der Waals surface area contributed by atoms with Gasteiger partial charge in [-0.2, -0.15) is 0 Å². The minimum atomic E-state index is -0.515. The van der Waals surface area contributed by atoms with Crippen LogP contribution in [0, 0.1) is 5.82 Å². The summed E-state index contributed by atoms with van der Waals surface area (Å²) >= 11 is 0. The van der Waals surface area contributed by atoms with Crippen LogP contribution < -0.4 is 9.64 Å². The van der Waals surface area contributed by atoms with E-state index in [1.54, 1.807) is 37.4 Å². The second-order valence-electron chi connectivity index (χ2n) is 7.38. The molecular weight excluding hydrogens is 407 g/mol. The van der Waals surface area contributed by atoms with Crippen molar-refractivity contribution < 1.29 is 18.7 Å². The summed E-state index contributed by atoms with van der Waals surface area (Å²) < 4.78 is 19.1. The molecule has 0 N–H and O–H groups in total. The first-order chi connectivity index (χ1) is 15.5. The zero-order chi connectivity index (χ0) is 22.7. The summed E-state index contributed by atoms with van der Waals surface area (Å²) in [6.07, 6.45) is 0. The Morgan fingerprint density at radius 1 is 0.906 bits per heavy atom. The van der Waals surface area contributed by atoms with Crippen molar-refractivity contribution in [2.24, 2.45) is 0 Å². The minimum absolute atomic E-state index is 0.205. The number of amides is 2. The Morgan fingerprint density at radius 3 is 2.25 bits per heavy atom. The van der Waals surface area contributed by atoms with Crippen LogP contribution in [0.25, 0.3) is 5.57 Å². The lowest BCUT2D eigenvalue weighted by molar-refractivity contribution is -0.120. The summed E-state index contributed by atoms with van der Waals surface area (Å²) in [5.41, 5.74) is 2.41. The Labute approximate surface area is 186 Å². The SMILES string of the molecule is CCN(Cc1ccccc1)C1=C(c2ccc(OC)cc2)C(=O)N(c2cccc(F)c2)C1=O. The lowest BCUT2D eigenvalue weighted by atomic mass is 10.0. The number of hydrogen-bond donors (Lipinski definition) is 0. The average Bonchev–Trinajstić information content (AvgIpc) is 3.08.